The number of nitrogens with zero attached hydrogens (tertiary/aromatic N) is 1. The lowest BCUT2D eigenvalue weighted by Gasteiger charge is -2.31. The van der Waals surface area contributed by atoms with Gasteiger partial charge in [0, 0.05) is 30.3 Å². The molecule has 0 atom stereocenters. The molecule has 0 unspecified atom stereocenters. The second-order valence-electron chi connectivity index (χ2n) is 7.57. The first-order valence-corrected chi connectivity index (χ1v) is 11.4. The zero-order valence-corrected chi connectivity index (χ0v) is 17.9. The molecule has 0 aromatic heterocycles. The van der Waals surface area contributed by atoms with Gasteiger partial charge in [-0.05, 0) is 42.7 Å². The fourth-order valence-electron chi connectivity index (χ4n) is 3.44. The average Bonchev–Trinajstić information content (AvgIpc) is 2.71. The number of amides is 1. The molecule has 1 amide bonds. The summed E-state index contributed by atoms with van der Waals surface area (Å²) < 4.78 is 56.9. The Morgan fingerprint density at radius 3 is 2.34 bits per heavy atom. The molecule has 32 heavy (non-hydrogen) atoms. The molecule has 3 aromatic rings. The highest BCUT2D eigenvalue weighted by Crippen LogP contribution is 2.33. The van der Waals surface area contributed by atoms with Gasteiger partial charge in [0.2, 0.25) is 0 Å². The third kappa shape index (κ3) is 4.03. The number of rotatable bonds is 5. The van der Waals surface area contributed by atoms with Crippen LogP contribution in [0.15, 0.2) is 59.5 Å². The Morgan fingerprint density at radius 2 is 1.72 bits per heavy atom. The monoisotopic (exact) mass is 458 g/mol. The standard InChI is InChI=1S/C23H20F2N2O4S/c1-14-10-16(23(29)27-8-5-9-27)11-21(22(14)28)32(30,31)26-20-12-17(18(24)13-19(20)25)15-6-3-2-4-7-15/h2-4,6-7,10-13,26,28H,5,8-9H2,1H3. The van der Waals surface area contributed by atoms with E-state index in [4.69, 9.17) is 0 Å². The van der Waals surface area contributed by atoms with Crippen LogP contribution >= 0.6 is 0 Å². The normalized spacial score (nSPS) is 13.5. The molecule has 1 heterocycles. The summed E-state index contributed by atoms with van der Waals surface area (Å²) in [6.45, 7) is 2.61. The molecule has 6 nitrogen and oxygen atoms in total. The van der Waals surface area contributed by atoms with Gasteiger partial charge in [-0.25, -0.2) is 17.2 Å². The van der Waals surface area contributed by atoms with Crippen molar-refractivity contribution in [3.8, 4) is 16.9 Å². The van der Waals surface area contributed by atoms with E-state index in [9.17, 15) is 27.1 Å². The summed E-state index contributed by atoms with van der Waals surface area (Å²) >= 11 is 0. The summed E-state index contributed by atoms with van der Waals surface area (Å²) in [5.74, 6) is -2.87. The van der Waals surface area contributed by atoms with Crippen LogP contribution in [-0.4, -0.2) is 37.4 Å². The zero-order chi connectivity index (χ0) is 23.0. The van der Waals surface area contributed by atoms with E-state index >= 15 is 0 Å². The third-order valence-electron chi connectivity index (χ3n) is 5.33. The molecule has 0 spiro atoms. The quantitative estimate of drug-likeness (QED) is 0.597. The highest BCUT2D eigenvalue weighted by molar-refractivity contribution is 7.92. The minimum atomic E-state index is -4.50. The molecule has 0 bridgehead atoms. The Balaban J connectivity index is 1.74. The number of likely N-dealkylation sites (tertiary alicyclic amines) is 1. The van der Waals surface area contributed by atoms with E-state index in [1.54, 1.807) is 35.2 Å². The topological polar surface area (TPSA) is 86.7 Å². The average molecular weight is 458 g/mol. The minimum absolute atomic E-state index is 0.00631. The lowest BCUT2D eigenvalue weighted by Crippen LogP contribution is -2.42. The Hall–Kier alpha value is -3.46. The van der Waals surface area contributed by atoms with Crippen LogP contribution in [0.3, 0.4) is 0 Å². The van der Waals surface area contributed by atoms with E-state index < -0.39 is 38.0 Å². The van der Waals surface area contributed by atoms with E-state index in [2.05, 4.69) is 4.72 Å². The minimum Gasteiger partial charge on any atom is -0.506 e. The van der Waals surface area contributed by atoms with Gasteiger partial charge in [-0.15, -0.1) is 0 Å². The van der Waals surface area contributed by atoms with E-state index in [-0.39, 0.29) is 22.6 Å². The molecule has 1 saturated heterocycles. The van der Waals surface area contributed by atoms with Crippen molar-refractivity contribution in [1.29, 1.82) is 0 Å². The first kappa shape index (κ1) is 21.8. The fourth-order valence-corrected chi connectivity index (χ4v) is 4.70. The maximum absolute atomic E-state index is 14.4. The summed E-state index contributed by atoms with van der Waals surface area (Å²) in [7, 11) is -4.50. The summed E-state index contributed by atoms with van der Waals surface area (Å²) in [5.41, 5.74) is 0.242. The van der Waals surface area contributed by atoms with E-state index in [0.29, 0.717) is 24.7 Å². The number of anilines is 1. The number of aryl methyl sites for hydroxylation is 1. The second-order valence-corrected chi connectivity index (χ2v) is 9.22. The number of sulfonamides is 1. The number of phenols is 1. The van der Waals surface area contributed by atoms with Crippen molar-refractivity contribution in [2.24, 2.45) is 0 Å². The Morgan fingerprint density at radius 1 is 1.03 bits per heavy atom. The summed E-state index contributed by atoms with van der Waals surface area (Å²) in [4.78, 5) is 13.5. The van der Waals surface area contributed by atoms with Gasteiger partial charge in [0.25, 0.3) is 15.9 Å². The first-order valence-electron chi connectivity index (χ1n) is 9.87. The molecule has 4 rings (SSSR count). The Bertz CT molecular complexity index is 1310. The van der Waals surface area contributed by atoms with E-state index in [1.165, 1.54) is 13.0 Å². The van der Waals surface area contributed by atoms with Crippen molar-refractivity contribution >= 4 is 21.6 Å². The predicted molar refractivity (Wildman–Crippen MR) is 116 cm³/mol. The largest absolute Gasteiger partial charge is 0.506 e. The number of carbonyl (C=O) groups is 1. The maximum Gasteiger partial charge on any atom is 0.265 e. The van der Waals surface area contributed by atoms with Crippen LogP contribution in [0.5, 0.6) is 5.75 Å². The van der Waals surface area contributed by atoms with Gasteiger partial charge < -0.3 is 10.0 Å². The molecular weight excluding hydrogens is 438 g/mol. The molecule has 0 saturated carbocycles. The van der Waals surface area contributed by atoms with Crippen molar-refractivity contribution < 1.29 is 27.1 Å². The smallest absolute Gasteiger partial charge is 0.265 e. The molecule has 1 aliphatic heterocycles. The number of hydrogen-bond acceptors (Lipinski definition) is 4. The van der Waals surface area contributed by atoms with Crippen molar-refractivity contribution in [3.63, 3.8) is 0 Å². The van der Waals surface area contributed by atoms with Crippen LogP contribution in [0.2, 0.25) is 0 Å². The van der Waals surface area contributed by atoms with Gasteiger partial charge in [0.1, 0.15) is 22.3 Å². The third-order valence-corrected chi connectivity index (χ3v) is 6.71. The number of halogens is 2. The summed E-state index contributed by atoms with van der Waals surface area (Å²) in [5, 5.41) is 10.4. The van der Waals surface area contributed by atoms with E-state index in [0.717, 1.165) is 18.6 Å². The number of phenolic OH excluding ortho intramolecular Hbond substituents is 1. The molecular formula is C23H20F2N2O4S. The fraction of sp³-hybridized carbons (Fsp3) is 0.174. The molecule has 9 heteroatoms. The second kappa shape index (κ2) is 8.23. The van der Waals surface area contributed by atoms with Crippen molar-refractivity contribution in [1.82, 2.24) is 4.90 Å². The molecule has 166 valence electrons. The van der Waals surface area contributed by atoms with E-state index in [1.807, 2.05) is 0 Å². The van der Waals surface area contributed by atoms with Crippen LogP contribution < -0.4 is 4.72 Å². The van der Waals surface area contributed by atoms with Crippen LogP contribution in [0.4, 0.5) is 14.5 Å². The molecule has 1 fully saturated rings. The lowest BCUT2D eigenvalue weighted by atomic mass is 10.0. The number of aromatic hydroxyl groups is 1. The molecule has 0 aliphatic carbocycles. The van der Waals surface area contributed by atoms with Crippen LogP contribution in [-0.2, 0) is 10.0 Å². The highest BCUT2D eigenvalue weighted by atomic mass is 32.2. The van der Waals surface area contributed by atoms with Crippen LogP contribution in [0.25, 0.3) is 11.1 Å². The number of carbonyl (C=O) groups excluding carboxylic acids is 1. The van der Waals surface area contributed by atoms with Gasteiger partial charge in [-0.3, -0.25) is 9.52 Å². The Kier molecular flexibility index (Phi) is 5.60. The van der Waals surface area contributed by atoms with Gasteiger partial charge in [-0.1, -0.05) is 30.3 Å². The highest BCUT2D eigenvalue weighted by Gasteiger charge is 2.27. The van der Waals surface area contributed by atoms with Crippen molar-refractivity contribution in [2.75, 3.05) is 17.8 Å². The summed E-state index contributed by atoms with van der Waals surface area (Å²) in [6, 6.07) is 12.4. The zero-order valence-electron chi connectivity index (χ0n) is 17.1. The maximum atomic E-state index is 14.4. The molecule has 3 aromatic carbocycles. The van der Waals surface area contributed by atoms with Gasteiger partial charge in [-0.2, -0.15) is 0 Å². The summed E-state index contributed by atoms with van der Waals surface area (Å²) in [6.07, 6.45) is 0.864. The predicted octanol–water partition coefficient (Wildman–Crippen LogP) is 4.29. The number of hydrogen-bond donors (Lipinski definition) is 2. The number of benzene rings is 3. The Labute approximate surface area is 184 Å². The van der Waals surface area contributed by atoms with Gasteiger partial charge in [0.05, 0.1) is 5.69 Å². The molecule has 0 radical (unpaired) electrons. The van der Waals surface area contributed by atoms with Crippen LogP contribution in [0, 0.1) is 18.6 Å². The van der Waals surface area contributed by atoms with Crippen molar-refractivity contribution in [3.05, 3.63) is 77.4 Å². The van der Waals surface area contributed by atoms with Crippen molar-refractivity contribution in [2.45, 2.75) is 18.2 Å². The first-order chi connectivity index (χ1) is 15.2. The number of nitrogens with one attached hydrogen (secondary N) is 1. The van der Waals surface area contributed by atoms with Gasteiger partial charge in [0.15, 0.2) is 0 Å². The van der Waals surface area contributed by atoms with Crippen LogP contribution in [0.1, 0.15) is 22.3 Å². The SMILES string of the molecule is Cc1cc(C(=O)N2CCC2)cc(S(=O)(=O)Nc2cc(-c3ccccc3)c(F)cc2F)c1O. The molecule has 2 N–H and O–H groups in total. The molecule has 1 aliphatic rings. The van der Waals surface area contributed by atoms with Gasteiger partial charge >= 0.3 is 0 Å². The lowest BCUT2D eigenvalue weighted by molar-refractivity contribution is 0.0651.